The smallest absolute Gasteiger partial charge is 0.233 e. The molecule has 0 atom stereocenters. The van der Waals surface area contributed by atoms with Crippen LogP contribution in [0.4, 0.5) is 0 Å². The Kier molecular flexibility index (Phi) is 5.66. The normalized spacial score (nSPS) is 11.0. The molecule has 0 aliphatic heterocycles. The Morgan fingerprint density at radius 2 is 1.92 bits per heavy atom. The Labute approximate surface area is 156 Å². The van der Waals surface area contributed by atoms with Crippen molar-refractivity contribution in [1.82, 2.24) is 14.5 Å². The molecule has 0 saturated heterocycles. The number of carbonyl (C=O) groups excluding carboxylic acids is 1. The van der Waals surface area contributed by atoms with Crippen LogP contribution in [0.2, 0.25) is 5.02 Å². The van der Waals surface area contributed by atoms with Crippen LogP contribution in [-0.2, 0) is 17.9 Å². The molecule has 3 aromatic rings. The second kappa shape index (κ2) is 7.93. The summed E-state index contributed by atoms with van der Waals surface area (Å²) in [6.45, 7) is 3.42. The largest absolute Gasteiger partial charge is 0.341 e. The van der Waals surface area contributed by atoms with E-state index >= 15 is 0 Å². The van der Waals surface area contributed by atoms with Gasteiger partial charge in [-0.1, -0.05) is 53.7 Å². The van der Waals surface area contributed by atoms with E-state index in [0.29, 0.717) is 17.3 Å². The lowest BCUT2D eigenvalue weighted by Crippen LogP contribution is -2.28. The number of amides is 1. The summed E-state index contributed by atoms with van der Waals surface area (Å²) < 4.78 is 2.14. The number of aromatic nitrogens is 2. The first kappa shape index (κ1) is 17.8. The van der Waals surface area contributed by atoms with Crippen LogP contribution in [0.15, 0.2) is 53.7 Å². The Morgan fingerprint density at radius 1 is 1.20 bits per heavy atom. The first-order valence-corrected chi connectivity index (χ1v) is 9.52. The lowest BCUT2D eigenvalue weighted by molar-refractivity contribution is -0.127. The molecule has 1 heterocycles. The van der Waals surface area contributed by atoms with Gasteiger partial charge in [-0.25, -0.2) is 4.98 Å². The molecule has 6 heteroatoms. The van der Waals surface area contributed by atoms with Crippen LogP contribution in [0.25, 0.3) is 11.0 Å². The molecule has 0 aliphatic carbocycles. The number of hydrogen-bond donors (Lipinski definition) is 0. The van der Waals surface area contributed by atoms with Crippen LogP contribution in [0, 0.1) is 0 Å². The standard InChI is InChI=1S/C19H20ClN3OS/c1-3-23-17-11-7-6-10-16(17)21-19(23)25-13-18(24)22(2)12-14-8-4-5-9-15(14)20/h4-11H,3,12-13H2,1-2H3. The predicted molar refractivity (Wildman–Crippen MR) is 104 cm³/mol. The van der Waals surface area contributed by atoms with E-state index in [2.05, 4.69) is 22.5 Å². The van der Waals surface area contributed by atoms with Gasteiger partial charge >= 0.3 is 0 Å². The minimum Gasteiger partial charge on any atom is -0.341 e. The fourth-order valence-electron chi connectivity index (χ4n) is 2.68. The van der Waals surface area contributed by atoms with E-state index in [-0.39, 0.29) is 5.91 Å². The van der Waals surface area contributed by atoms with Gasteiger partial charge < -0.3 is 9.47 Å². The fraction of sp³-hybridized carbons (Fsp3) is 0.263. The average molecular weight is 374 g/mol. The van der Waals surface area contributed by atoms with Gasteiger partial charge in [-0.05, 0) is 30.7 Å². The molecule has 0 N–H and O–H groups in total. The summed E-state index contributed by atoms with van der Waals surface area (Å²) in [5.74, 6) is 0.407. The van der Waals surface area contributed by atoms with Crippen molar-refractivity contribution in [2.45, 2.75) is 25.2 Å². The first-order valence-electron chi connectivity index (χ1n) is 8.15. The molecule has 1 aromatic heterocycles. The number of hydrogen-bond acceptors (Lipinski definition) is 3. The molecule has 0 saturated carbocycles. The number of rotatable bonds is 6. The summed E-state index contributed by atoms with van der Waals surface area (Å²) in [6.07, 6.45) is 0. The topological polar surface area (TPSA) is 38.1 Å². The molecule has 0 aliphatic rings. The van der Waals surface area contributed by atoms with Gasteiger partial charge in [0.15, 0.2) is 5.16 Å². The minimum atomic E-state index is 0.0552. The van der Waals surface area contributed by atoms with E-state index in [4.69, 9.17) is 11.6 Å². The van der Waals surface area contributed by atoms with E-state index in [9.17, 15) is 4.79 Å². The highest BCUT2D eigenvalue weighted by Crippen LogP contribution is 2.24. The number of aryl methyl sites for hydroxylation is 1. The van der Waals surface area contributed by atoms with Crippen molar-refractivity contribution in [3.63, 3.8) is 0 Å². The molecular formula is C19H20ClN3OS. The zero-order valence-electron chi connectivity index (χ0n) is 14.3. The van der Waals surface area contributed by atoms with Crippen molar-refractivity contribution >= 4 is 40.3 Å². The monoisotopic (exact) mass is 373 g/mol. The third-order valence-corrected chi connectivity index (χ3v) is 5.38. The van der Waals surface area contributed by atoms with Gasteiger partial charge in [-0.15, -0.1) is 0 Å². The van der Waals surface area contributed by atoms with Crippen molar-refractivity contribution < 1.29 is 4.79 Å². The van der Waals surface area contributed by atoms with Gasteiger partial charge in [-0.3, -0.25) is 4.79 Å². The third kappa shape index (κ3) is 3.99. The molecular weight excluding hydrogens is 354 g/mol. The number of para-hydroxylation sites is 2. The van der Waals surface area contributed by atoms with Crippen LogP contribution in [0.5, 0.6) is 0 Å². The number of halogens is 1. The Balaban J connectivity index is 1.67. The molecule has 0 spiro atoms. The second-order valence-corrected chi connectivity index (χ2v) is 7.11. The van der Waals surface area contributed by atoms with Crippen LogP contribution in [0.1, 0.15) is 12.5 Å². The summed E-state index contributed by atoms with van der Waals surface area (Å²) in [7, 11) is 1.80. The zero-order valence-corrected chi connectivity index (χ0v) is 15.8. The highest BCUT2D eigenvalue weighted by Gasteiger charge is 2.15. The van der Waals surface area contributed by atoms with Gasteiger partial charge in [-0.2, -0.15) is 0 Å². The quantitative estimate of drug-likeness (QED) is 0.599. The van der Waals surface area contributed by atoms with Gasteiger partial charge in [0.05, 0.1) is 16.8 Å². The molecule has 0 bridgehead atoms. The maximum absolute atomic E-state index is 12.5. The van der Waals surface area contributed by atoms with Crippen LogP contribution in [0.3, 0.4) is 0 Å². The van der Waals surface area contributed by atoms with E-state index in [0.717, 1.165) is 28.3 Å². The predicted octanol–water partition coefficient (Wildman–Crippen LogP) is 4.46. The first-order chi connectivity index (χ1) is 12.1. The molecule has 0 fully saturated rings. The molecule has 25 heavy (non-hydrogen) atoms. The van der Waals surface area contributed by atoms with Crippen molar-refractivity contribution in [3.05, 3.63) is 59.1 Å². The fourth-order valence-corrected chi connectivity index (χ4v) is 3.89. The number of thioether (sulfide) groups is 1. The van der Waals surface area contributed by atoms with Crippen LogP contribution >= 0.6 is 23.4 Å². The summed E-state index contributed by atoms with van der Waals surface area (Å²) in [5, 5.41) is 1.56. The van der Waals surface area contributed by atoms with Gasteiger partial charge in [0.25, 0.3) is 0 Å². The zero-order chi connectivity index (χ0) is 17.8. The minimum absolute atomic E-state index is 0.0552. The van der Waals surface area contributed by atoms with E-state index in [1.165, 1.54) is 11.8 Å². The maximum atomic E-state index is 12.5. The number of benzene rings is 2. The van der Waals surface area contributed by atoms with E-state index in [1.807, 2.05) is 42.5 Å². The van der Waals surface area contributed by atoms with E-state index < -0.39 is 0 Å². The van der Waals surface area contributed by atoms with E-state index in [1.54, 1.807) is 11.9 Å². The molecule has 4 nitrogen and oxygen atoms in total. The number of carbonyl (C=O) groups is 1. The highest BCUT2D eigenvalue weighted by molar-refractivity contribution is 7.99. The van der Waals surface area contributed by atoms with Crippen LogP contribution < -0.4 is 0 Å². The lowest BCUT2D eigenvalue weighted by atomic mass is 10.2. The molecule has 130 valence electrons. The van der Waals surface area contributed by atoms with Crippen molar-refractivity contribution in [1.29, 1.82) is 0 Å². The average Bonchev–Trinajstić information content (AvgIpc) is 2.99. The van der Waals surface area contributed by atoms with Crippen LogP contribution in [-0.4, -0.2) is 33.2 Å². The molecule has 1 amide bonds. The Morgan fingerprint density at radius 3 is 2.68 bits per heavy atom. The van der Waals surface area contributed by atoms with Crippen molar-refractivity contribution in [2.24, 2.45) is 0 Å². The molecule has 3 rings (SSSR count). The summed E-state index contributed by atoms with van der Waals surface area (Å²) >= 11 is 7.65. The molecule has 0 radical (unpaired) electrons. The Bertz CT molecular complexity index is 893. The summed E-state index contributed by atoms with van der Waals surface area (Å²) in [4.78, 5) is 18.8. The van der Waals surface area contributed by atoms with Gasteiger partial charge in [0, 0.05) is 25.2 Å². The Hall–Kier alpha value is -1.98. The SMILES string of the molecule is CCn1c(SCC(=O)N(C)Cc2ccccc2Cl)nc2ccccc21. The highest BCUT2D eigenvalue weighted by atomic mass is 35.5. The third-order valence-electron chi connectivity index (χ3n) is 4.05. The molecule has 0 unspecified atom stereocenters. The number of imidazole rings is 1. The van der Waals surface area contributed by atoms with Gasteiger partial charge in [0.2, 0.25) is 5.91 Å². The van der Waals surface area contributed by atoms with Gasteiger partial charge in [0.1, 0.15) is 0 Å². The summed E-state index contributed by atoms with van der Waals surface area (Å²) in [5.41, 5.74) is 3.01. The summed E-state index contributed by atoms with van der Waals surface area (Å²) in [6, 6.07) is 15.6. The maximum Gasteiger partial charge on any atom is 0.233 e. The second-order valence-electron chi connectivity index (χ2n) is 5.76. The van der Waals surface area contributed by atoms with Crippen molar-refractivity contribution in [2.75, 3.05) is 12.8 Å². The number of nitrogens with zero attached hydrogens (tertiary/aromatic N) is 3. The number of fused-ring (bicyclic) bond motifs is 1. The molecule has 2 aromatic carbocycles. The van der Waals surface area contributed by atoms with Crippen molar-refractivity contribution in [3.8, 4) is 0 Å². The lowest BCUT2D eigenvalue weighted by Gasteiger charge is -2.17.